The van der Waals surface area contributed by atoms with Crippen molar-refractivity contribution in [2.45, 2.75) is 45.1 Å². The van der Waals surface area contributed by atoms with Gasteiger partial charge in [-0.05, 0) is 55.2 Å². The molecule has 1 heterocycles. The van der Waals surface area contributed by atoms with Gasteiger partial charge in [-0.1, -0.05) is 30.1 Å². The number of carbonyl (C=O) groups excluding carboxylic acids is 1. The maximum absolute atomic E-state index is 12.3. The van der Waals surface area contributed by atoms with Crippen molar-refractivity contribution in [3.05, 3.63) is 27.2 Å². The molecule has 0 saturated carbocycles. The highest BCUT2D eigenvalue weighted by molar-refractivity contribution is 6.40. The van der Waals surface area contributed by atoms with E-state index in [-0.39, 0.29) is 11.4 Å². The van der Waals surface area contributed by atoms with E-state index in [0.717, 1.165) is 37.2 Å². The Kier molecular flexibility index (Phi) is 5.22. The van der Waals surface area contributed by atoms with Crippen LogP contribution in [-0.2, 0) is 16.8 Å². The number of benzene rings is 1. The summed E-state index contributed by atoms with van der Waals surface area (Å²) in [5, 5.41) is 16.8. The van der Waals surface area contributed by atoms with Gasteiger partial charge in [0.2, 0.25) is 0 Å². The lowest BCUT2D eigenvalue weighted by Crippen LogP contribution is -2.41. The Labute approximate surface area is 158 Å². The summed E-state index contributed by atoms with van der Waals surface area (Å²) in [6.07, 6.45) is 3.09. The molecule has 1 unspecified atom stereocenters. The SMILES string of the molecule is CC1(CNC(=O)Nc2c(Cl)cc3c(c2Cl)CCC3(C)O)CCOCC1. The van der Waals surface area contributed by atoms with E-state index < -0.39 is 5.60 Å². The number of hydrogen-bond donors (Lipinski definition) is 3. The fourth-order valence-corrected chi connectivity index (χ4v) is 4.14. The number of hydrogen-bond acceptors (Lipinski definition) is 3. The maximum Gasteiger partial charge on any atom is 0.319 e. The van der Waals surface area contributed by atoms with E-state index >= 15 is 0 Å². The lowest BCUT2D eigenvalue weighted by molar-refractivity contribution is 0.0254. The lowest BCUT2D eigenvalue weighted by atomic mass is 9.82. The summed E-state index contributed by atoms with van der Waals surface area (Å²) in [6, 6.07) is 1.37. The number of rotatable bonds is 3. The van der Waals surface area contributed by atoms with Gasteiger partial charge in [-0.2, -0.15) is 0 Å². The highest BCUT2D eigenvalue weighted by Gasteiger charge is 2.35. The average Bonchev–Trinajstić information content (AvgIpc) is 2.85. The molecule has 1 aliphatic carbocycles. The molecule has 1 saturated heterocycles. The Bertz CT molecular complexity index is 685. The van der Waals surface area contributed by atoms with Gasteiger partial charge >= 0.3 is 6.03 Å². The molecule has 2 aliphatic rings. The van der Waals surface area contributed by atoms with Crippen LogP contribution in [0.2, 0.25) is 10.0 Å². The smallest absolute Gasteiger partial charge is 0.319 e. The molecule has 0 aromatic heterocycles. The second-order valence-corrected chi connectivity index (χ2v) is 8.36. The van der Waals surface area contributed by atoms with E-state index in [1.165, 1.54) is 0 Å². The van der Waals surface area contributed by atoms with Gasteiger partial charge in [-0.25, -0.2) is 4.79 Å². The molecular weight excluding hydrogens is 363 g/mol. The van der Waals surface area contributed by atoms with Gasteiger partial charge in [-0.15, -0.1) is 0 Å². The van der Waals surface area contributed by atoms with Crippen LogP contribution in [0, 0.1) is 5.41 Å². The molecule has 3 N–H and O–H groups in total. The van der Waals surface area contributed by atoms with Crippen LogP contribution in [0.4, 0.5) is 10.5 Å². The van der Waals surface area contributed by atoms with Gasteiger partial charge in [0, 0.05) is 19.8 Å². The maximum atomic E-state index is 12.3. The predicted molar refractivity (Wildman–Crippen MR) is 99.5 cm³/mol. The Morgan fingerprint density at radius 1 is 1.28 bits per heavy atom. The average molecular weight is 387 g/mol. The molecule has 1 aromatic rings. The summed E-state index contributed by atoms with van der Waals surface area (Å²) in [5.74, 6) is 0. The van der Waals surface area contributed by atoms with Crippen molar-refractivity contribution in [2.75, 3.05) is 25.1 Å². The van der Waals surface area contributed by atoms with Crippen molar-refractivity contribution in [1.29, 1.82) is 0 Å². The zero-order chi connectivity index (χ0) is 18.2. The molecule has 0 spiro atoms. The molecule has 0 radical (unpaired) electrons. The molecule has 1 atom stereocenters. The third-order valence-corrected chi connectivity index (χ3v) is 6.09. The predicted octanol–water partition coefficient (Wildman–Crippen LogP) is 4.09. The lowest BCUT2D eigenvalue weighted by Gasteiger charge is -2.33. The minimum absolute atomic E-state index is 0.0415. The highest BCUT2D eigenvalue weighted by Crippen LogP contribution is 2.45. The second-order valence-electron chi connectivity index (χ2n) is 7.58. The summed E-state index contributed by atoms with van der Waals surface area (Å²) in [7, 11) is 0. The van der Waals surface area contributed by atoms with E-state index in [0.29, 0.717) is 35.1 Å². The standard InChI is InChI=1S/C18H24Cl2N2O3/c1-17(5-7-25-8-6-17)10-21-16(23)22-15-13(19)9-12-11(14(15)20)3-4-18(12,2)24/h9,24H,3-8,10H2,1-2H3,(H2,21,22,23). The quantitative estimate of drug-likeness (QED) is 0.732. The number of halogens is 2. The van der Waals surface area contributed by atoms with Gasteiger partial charge in [0.1, 0.15) is 0 Å². The van der Waals surface area contributed by atoms with Crippen LogP contribution < -0.4 is 10.6 Å². The Hall–Kier alpha value is -1.01. The third-order valence-electron chi connectivity index (χ3n) is 5.38. The third kappa shape index (κ3) is 3.90. The fourth-order valence-electron chi connectivity index (χ4n) is 3.49. The first-order chi connectivity index (χ1) is 11.7. The fraction of sp³-hybridized carbons (Fsp3) is 0.611. The minimum Gasteiger partial charge on any atom is -0.385 e. The monoisotopic (exact) mass is 386 g/mol. The first kappa shape index (κ1) is 18.8. The Balaban J connectivity index is 1.70. The minimum atomic E-state index is -0.930. The highest BCUT2D eigenvalue weighted by atomic mass is 35.5. The van der Waals surface area contributed by atoms with Crippen molar-refractivity contribution in [3.63, 3.8) is 0 Å². The molecule has 0 bridgehead atoms. The van der Waals surface area contributed by atoms with Crippen molar-refractivity contribution in [3.8, 4) is 0 Å². The van der Waals surface area contributed by atoms with Crippen LogP contribution in [0.25, 0.3) is 0 Å². The molecule has 25 heavy (non-hydrogen) atoms. The molecule has 7 heteroatoms. The molecule has 3 rings (SSSR count). The van der Waals surface area contributed by atoms with Crippen LogP contribution >= 0.6 is 23.2 Å². The summed E-state index contributed by atoms with van der Waals surface area (Å²) < 4.78 is 5.37. The summed E-state index contributed by atoms with van der Waals surface area (Å²) in [6.45, 7) is 5.91. The van der Waals surface area contributed by atoms with Gasteiger partial charge in [0.15, 0.2) is 0 Å². The number of ether oxygens (including phenoxy) is 1. The van der Waals surface area contributed by atoms with Gasteiger partial charge in [-0.3, -0.25) is 0 Å². The van der Waals surface area contributed by atoms with E-state index in [9.17, 15) is 9.90 Å². The zero-order valence-electron chi connectivity index (χ0n) is 14.5. The van der Waals surface area contributed by atoms with Gasteiger partial charge in [0.25, 0.3) is 0 Å². The summed E-state index contributed by atoms with van der Waals surface area (Å²) in [5.41, 5.74) is 1.10. The summed E-state index contributed by atoms with van der Waals surface area (Å²) >= 11 is 12.8. The van der Waals surface area contributed by atoms with E-state index in [1.807, 2.05) is 0 Å². The zero-order valence-corrected chi connectivity index (χ0v) is 16.1. The number of fused-ring (bicyclic) bond motifs is 1. The van der Waals surface area contributed by atoms with E-state index in [4.69, 9.17) is 27.9 Å². The van der Waals surface area contributed by atoms with Crippen LogP contribution in [0.15, 0.2) is 6.07 Å². The van der Waals surface area contributed by atoms with Crippen LogP contribution in [0.3, 0.4) is 0 Å². The number of urea groups is 1. The van der Waals surface area contributed by atoms with Crippen LogP contribution in [0.5, 0.6) is 0 Å². The largest absolute Gasteiger partial charge is 0.385 e. The first-order valence-corrected chi connectivity index (χ1v) is 9.34. The molecule has 2 amide bonds. The normalized spacial score (nSPS) is 24.7. The molecule has 5 nitrogen and oxygen atoms in total. The molecular formula is C18H24Cl2N2O3. The van der Waals surface area contributed by atoms with E-state index in [2.05, 4.69) is 17.6 Å². The topological polar surface area (TPSA) is 70.6 Å². The molecule has 138 valence electrons. The van der Waals surface area contributed by atoms with Crippen molar-refractivity contribution < 1.29 is 14.6 Å². The van der Waals surface area contributed by atoms with E-state index in [1.54, 1.807) is 13.0 Å². The molecule has 1 aliphatic heterocycles. The van der Waals surface area contributed by atoms with Crippen molar-refractivity contribution in [2.24, 2.45) is 5.41 Å². The number of aliphatic hydroxyl groups is 1. The number of nitrogens with one attached hydrogen (secondary N) is 2. The molecule has 1 fully saturated rings. The van der Waals surface area contributed by atoms with Crippen LogP contribution in [0.1, 0.15) is 44.2 Å². The number of anilines is 1. The molecule has 1 aromatic carbocycles. The number of carbonyl (C=O) groups is 1. The van der Waals surface area contributed by atoms with Crippen molar-refractivity contribution >= 4 is 34.9 Å². The van der Waals surface area contributed by atoms with Gasteiger partial charge < -0.3 is 20.5 Å². The van der Waals surface area contributed by atoms with Crippen molar-refractivity contribution in [1.82, 2.24) is 5.32 Å². The van der Waals surface area contributed by atoms with Crippen LogP contribution in [-0.4, -0.2) is 30.9 Å². The van der Waals surface area contributed by atoms with Gasteiger partial charge in [0.05, 0.1) is 21.3 Å². The first-order valence-electron chi connectivity index (χ1n) is 8.58. The number of amides is 2. The summed E-state index contributed by atoms with van der Waals surface area (Å²) in [4.78, 5) is 12.3. The Morgan fingerprint density at radius 3 is 2.64 bits per heavy atom. The Morgan fingerprint density at radius 2 is 1.96 bits per heavy atom. The second kappa shape index (κ2) is 6.95.